The Kier molecular flexibility index (Phi) is 4.89. The van der Waals surface area contributed by atoms with Gasteiger partial charge in [-0.1, -0.05) is 12.1 Å². The monoisotopic (exact) mass is 293 g/mol. The molecule has 1 unspecified atom stereocenters. The summed E-state index contributed by atoms with van der Waals surface area (Å²) < 4.78 is 0. The summed E-state index contributed by atoms with van der Waals surface area (Å²) in [5.74, 6) is 1.34. The smallest absolute Gasteiger partial charge is 0.237 e. The highest BCUT2D eigenvalue weighted by Gasteiger charge is 2.28. The van der Waals surface area contributed by atoms with Gasteiger partial charge in [-0.25, -0.2) is 0 Å². The third kappa shape index (κ3) is 3.90. The van der Waals surface area contributed by atoms with E-state index in [-0.39, 0.29) is 18.4 Å². The largest absolute Gasteiger partial charge is 0.399 e. The average molecular weight is 293 g/mol. The summed E-state index contributed by atoms with van der Waals surface area (Å²) >= 11 is 1.77. The quantitative estimate of drug-likeness (QED) is 0.787. The van der Waals surface area contributed by atoms with Crippen LogP contribution in [0.4, 0.5) is 5.69 Å². The molecule has 20 heavy (non-hydrogen) atoms. The number of rotatable bonds is 5. The van der Waals surface area contributed by atoms with Crippen LogP contribution in [0.5, 0.6) is 0 Å². The number of carbonyl (C=O) groups excluding carboxylic acids is 2. The van der Waals surface area contributed by atoms with Gasteiger partial charge in [-0.2, -0.15) is 11.8 Å². The molecule has 1 aliphatic rings. The van der Waals surface area contributed by atoms with E-state index in [1.54, 1.807) is 17.8 Å². The fourth-order valence-corrected chi connectivity index (χ4v) is 3.51. The zero-order valence-corrected chi connectivity index (χ0v) is 12.1. The molecule has 6 heteroatoms. The van der Waals surface area contributed by atoms with Crippen molar-refractivity contribution in [3.05, 3.63) is 29.8 Å². The van der Waals surface area contributed by atoms with Gasteiger partial charge >= 0.3 is 0 Å². The maximum atomic E-state index is 12.4. The first kappa shape index (κ1) is 14.7. The number of anilines is 1. The van der Waals surface area contributed by atoms with Gasteiger partial charge in [0.15, 0.2) is 0 Å². The molecule has 1 aromatic carbocycles. The molecule has 5 nitrogen and oxygen atoms in total. The van der Waals surface area contributed by atoms with Crippen LogP contribution in [0, 0.1) is 5.92 Å². The molecule has 108 valence electrons. The minimum absolute atomic E-state index is 0.000379. The van der Waals surface area contributed by atoms with E-state index in [1.165, 1.54) is 4.90 Å². The van der Waals surface area contributed by atoms with Gasteiger partial charge in [0.1, 0.15) is 0 Å². The molecule has 1 saturated heterocycles. The second kappa shape index (κ2) is 6.65. The van der Waals surface area contributed by atoms with Gasteiger partial charge in [-0.05, 0) is 29.9 Å². The highest BCUT2D eigenvalue weighted by molar-refractivity contribution is 7.99. The number of hydrogen-bond donors (Lipinski definition) is 2. The fourth-order valence-electron chi connectivity index (χ4n) is 2.30. The fraction of sp³-hybridized carbons (Fsp3) is 0.429. The Morgan fingerprint density at radius 3 is 2.80 bits per heavy atom. The third-order valence-corrected chi connectivity index (χ3v) is 4.42. The van der Waals surface area contributed by atoms with Crippen molar-refractivity contribution >= 4 is 29.3 Å². The molecular weight excluding hydrogens is 274 g/mol. The molecule has 0 aromatic heterocycles. The number of nitrogens with zero attached hydrogens (tertiary/aromatic N) is 1. The topological polar surface area (TPSA) is 89.4 Å². The van der Waals surface area contributed by atoms with Crippen molar-refractivity contribution < 1.29 is 9.59 Å². The first-order valence-electron chi connectivity index (χ1n) is 6.55. The minimum Gasteiger partial charge on any atom is -0.399 e. The van der Waals surface area contributed by atoms with Crippen LogP contribution in [-0.4, -0.2) is 34.8 Å². The van der Waals surface area contributed by atoms with Crippen molar-refractivity contribution in [1.29, 1.82) is 0 Å². The van der Waals surface area contributed by atoms with Gasteiger partial charge < -0.3 is 16.4 Å². The molecule has 2 rings (SSSR count). The van der Waals surface area contributed by atoms with Gasteiger partial charge in [0.25, 0.3) is 0 Å². The molecule has 0 aliphatic carbocycles. The van der Waals surface area contributed by atoms with E-state index < -0.39 is 5.91 Å². The van der Waals surface area contributed by atoms with Crippen LogP contribution in [0.2, 0.25) is 0 Å². The zero-order chi connectivity index (χ0) is 14.5. The molecule has 1 aliphatic heterocycles. The van der Waals surface area contributed by atoms with Gasteiger partial charge in [0, 0.05) is 23.9 Å². The van der Waals surface area contributed by atoms with E-state index >= 15 is 0 Å². The lowest BCUT2D eigenvalue weighted by Crippen LogP contribution is -2.41. The van der Waals surface area contributed by atoms with Gasteiger partial charge in [-0.15, -0.1) is 0 Å². The Morgan fingerprint density at radius 2 is 2.20 bits per heavy atom. The molecule has 1 atom stereocenters. The number of amides is 2. The van der Waals surface area contributed by atoms with Crippen LogP contribution in [0.3, 0.4) is 0 Å². The third-order valence-electron chi connectivity index (χ3n) is 3.26. The van der Waals surface area contributed by atoms with Gasteiger partial charge in [0.05, 0.1) is 6.54 Å². The number of nitrogens with two attached hydrogens (primary N) is 2. The van der Waals surface area contributed by atoms with Crippen LogP contribution in [0.15, 0.2) is 24.3 Å². The highest BCUT2D eigenvalue weighted by atomic mass is 32.2. The predicted molar refractivity (Wildman–Crippen MR) is 80.9 cm³/mol. The molecule has 1 heterocycles. The number of benzene rings is 1. The van der Waals surface area contributed by atoms with Gasteiger partial charge in [0.2, 0.25) is 11.8 Å². The molecule has 1 aromatic rings. The number of hydrogen-bond acceptors (Lipinski definition) is 4. The SMILES string of the molecule is NC(=O)CN(Cc1cccc(N)c1)C(=O)C1CCSC1. The molecule has 0 spiro atoms. The maximum Gasteiger partial charge on any atom is 0.237 e. The summed E-state index contributed by atoms with van der Waals surface area (Å²) in [6.07, 6.45) is 0.871. The zero-order valence-electron chi connectivity index (χ0n) is 11.2. The molecule has 0 bridgehead atoms. The predicted octanol–water partition coefficient (Wildman–Crippen LogP) is 0.836. The highest BCUT2D eigenvalue weighted by Crippen LogP contribution is 2.25. The van der Waals surface area contributed by atoms with Crippen molar-refractivity contribution in [3.8, 4) is 0 Å². The summed E-state index contributed by atoms with van der Waals surface area (Å²) in [5.41, 5.74) is 12.5. The van der Waals surface area contributed by atoms with E-state index in [4.69, 9.17) is 11.5 Å². The van der Waals surface area contributed by atoms with E-state index in [1.807, 2.05) is 18.2 Å². The van der Waals surface area contributed by atoms with Crippen LogP contribution in [-0.2, 0) is 16.1 Å². The molecular formula is C14H19N3O2S. The van der Waals surface area contributed by atoms with Gasteiger partial charge in [-0.3, -0.25) is 9.59 Å². The number of thioether (sulfide) groups is 1. The van der Waals surface area contributed by atoms with Crippen LogP contribution >= 0.6 is 11.8 Å². The summed E-state index contributed by atoms with van der Waals surface area (Å²) in [7, 11) is 0. The molecule has 1 fully saturated rings. The van der Waals surface area contributed by atoms with E-state index in [0.717, 1.165) is 23.5 Å². The summed E-state index contributed by atoms with van der Waals surface area (Å²) in [6, 6.07) is 7.33. The maximum absolute atomic E-state index is 12.4. The normalized spacial score (nSPS) is 17.9. The first-order chi connectivity index (χ1) is 9.56. The van der Waals surface area contributed by atoms with E-state index in [9.17, 15) is 9.59 Å². The number of carbonyl (C=O) groups is 2. The van der Waals surface area contributed by atoms with Crippen molar-refractivity contribution in [2.75, 3.05) is 23.8 Å². The summed E-state index contributed by atoms with van der Waals surface area (Å²) in [4.78, 5) is 25.2. The lowest BCUT2D eigenvalue weighted by Gasteiger charge is -2.24. The van der Waals surface area contributed by atoms with Crippen molar-refractivity contribution in [1.82, 2.24) is 4.90 Å². The number of primary amides is 1. The summed E-state index contributed by atoms with van der Waals surface area (Å²) in [5, 5.41) is 0. The average Bonchev–Trinajstić information content (AvgIpc) is 2.90. The van der Waals surface area contributed by atoms with Crippen molar-refractivity contribution in [2.45, 2.75) is 13.0 Å². The first-order valence-corrected chi connectivity index (χ1v) is 7.71. The molecule has 4 N–H and O–H groups in total. The molecule has 0 saturated carbocycles. The van der Waals surface area contributed by atoms with E-state index in [0.29, 0.717) is 12.2 Å². The van der Waals surface area contributed by atoms with Crippen molar-refractivity contribution in [2.24, 2.45) is 11.7 Å². The Bertz CT molecular complexity index is 501. The standard InChI is InChI=1S/C14H19N3O2S/c15-12-3-1-2-10(6-12)7-17(8-13(16)18)14(19)11-4-5-20-9-11/h1-3,6,11H,4-5,7-9,15H2,(H2,16,18). The molecule has 2 amide bonds. The Morgan fingerprint density at radius 1 is 1.40 bits per heavy atom. The second-order valence-corrected chi connectivity index (χ2v) is 6.12. The van der Waals surface area contributed by atoms with Crippen LogP contribution < -0.4 is 11.5 Å². The minimum atomic E-state index is -0.493. The summed E-state index contributed by atoms with van der Waals surface area (Å²) in [6.45, 7) is 0.322. The Hall–Kier alpha value is -1.69. The molecule has 0 radical (unpaired) electrons. The second-order valence-electron chi connectivity index (χ2n) is 4.97. The Balaban J connectivity index is 2.10. The van der Waals surface area contributed by atoms with Crippen LogP contribution in [0.1, 0.15) is 12.0 Å². The van der Waals surface area contributed by atoms with E-state index in [2.05, 4.69) is 0 Å². The number of nitrogen functional groups attached to an aromatic ring is 1. The van der Waals surface area contributed by atoms with Crippen molar-refractivity contribution in [3.63, 3.8) is 0 Å². The Labute approximate surface area is 122 Å². The lowest BCUT2D eigenvalue weighted by atomic mass is 10.1. The lowest BCUT2D eigenvalue weighted by molar-refractivity contribution is -0.138. The van der Waals surface area contributed by atoms with Crippen LogP contribution in [0.25, 0.3) is 0 Å².